The molecule has 2 aromatic rings. The highest BCUT2D eigenvalue weighted by Gasteiger charge is 2.33. The van der Waals surface area contributed by atoms with Crippen molar-refractivity contribution in [2.75, 3.05) is 0 Å². The smallest absolute Gasteiger partial charge is 0.201 e. The number of benzene rings is 1. The second-order valence-electron chi connectivity index (χ2n) is 5.15. The van der Waals surface area contributed by atoms with Gasteiger partial charge in [0.15, 0.2) is 11.6 Å². The van der Waals surface area contributed by atoms with Gasteiger partial charge in [-0.3, -0.25) is 0 Å². The highest BCUT2D eigenvalue weighted by molar-refractivity contribution is 5.70. The van der Waals surface area contributed by atoms with Gasteiger partial charge in [0.1, 0.15) is 0 Å². The van der Waals surface area contributed by atoms with Gasteiger partial charge >= 0.3 is 6.18 Å². The first-order chi connectivity index (χ1) is 10.5. The zero-order chi connectivity index (χ0) is 17.5. The average Bonchev–Trinajstić information content (AvgIpc) is 2.44. The summed E-state index contributed by atoms with van der Waals surface area (Å²) in [7, 11) is 0. The summed E-state index contributed by atoms with van der Waals surface area (Å²) in [6.45, 7) is 3.13. The maximum absolute atomic E-state index is 13.9. The third-order valence-corrected chi connectivity index (χ3v) is 3.27. The largest absolute Gasteiger partial charge is 0.416 e. The van der Waals surface area contributed by atoms with Gasteiger partial charge in [-0.05, 0) is 29.2 Å². The summed E-state index contributed by atoms with van der Waals surface area (Å²) in [5.41, 5.74) is -2.84. The Kier molecular flexibility index (Phi) is 4.37. The number of halogens is 7. The maximum Gasteiger partial charge on any atom is 0.416 e. The van der Waals surface area contributed by atoms with E-state index in [1.165, 1.54) is 0 Å². The summed E-state index contributed by atoms with van der Waals surface area (Å²) in [6, 6.07) is 2.23. The Labute approximate surface area is 126 Å². The summed E-state index contributed by atoms with van der Waals surface area (Å²) < 4.78 is 92.7. The molecule has 0 unspecified atom stereocenters. The van der Waals surface area contributed by atoms with Gasteiger partial charge in [-0.2, -0.15) is 26.9 Å². The Morgan fingerprint density at radius 3 is 1.87 bits per heavy atom. The molecule has 1 aromatic carbocycles. The molecule has 0 saturated carbocycles. The van der Waals surface area contributed by atoms with Crippen molar-refractivity contribution in [3.63, 3.8) is 0 Å². The summed E-state index contributed by atoms with van der Waals surface area (Å²) >= 11 is 0. The van der Waals surface area contributed by atoms with Crippen molar-refractivity contribution in [1.29, 1.82) is 0 Å². The van der Waals surface area contributed by atoms with E-state index >= 15 is 0 Å². The standard InChI is InChI=1S/C15H10F7N/c1-6(2)8-4-3-7(15(20,21)22)5-9(8)10-11(16)13(18)23-14(19)12(10)17/h3-6H,1-2H3. The van der Waals surface area contributed by atoms with Crippen molar-refractivity contribution in [3.05, 3.63) is 52.9 Å². The summed E-state index contributed by atoms with van der Waals surface area (Å²) in [6.07, 6.45) is -4.78. The van der Waals surface area contributed by atoms with Crippen molar-refractivity contribution >= 4 is 0 Å². The van der Waals surface area contributed by atoms with Crippen molar-refractivity contribution in [2.24, 2.45) is 0 Å². The Bertz CT molecular complexity index is 724. The highest BCUT2D eigenvalue weighted by Crippen LogP contribution is 2.38. The average molecular weight is 337 g/mol. The molecule has 23 heavy (non-hydrogen) atoms. The van der Waals surface area contributed by atoms with Gasteiger partial charge in [0.05, 0.1) is 11.1 Å². The van der Waals surface area contributed by atoms with Crippen LogP contribution in [-0.2, 0) is 6.18 Å². The van der Waals surface area contributed by atoms with Gasteiger partial charge in [-0.25, -0.2) is 8.78 Å². The minimum Gasteiger partial charge on any atom is -0.201 e. The third kappa shape index (κ3) is 3.16. The van der Waals surface area contributed by atoms with Crippen molar-refractivity contribution in [3.8, 4) is 11.1 Å². The molecule has 2 rings (SSSR count). The Morgan fingerprint density at radius 1 is 0.913 bits per heavy atom. The molecule has 0 amide bonds. The van der Waals surface area contributed by atoms with Gasteiger partial charge < -0.3 is 0 Å². The number of hydrogen-bond acceptors (Lipinski definition) is 1. The SMILES string of the molecule is CC(C)c1ccc(C(F)(F)F)cc1-c1c(F)c(F)nc(F)c1F. The molecule has 0 N–H and O–H groups in total. The third-order valence-electron chi connectivity index (χ3n) is 3.27. The lowest BCUT2D eigenvalue weighted by Gasteiger charge is -2.17. The molecule has 0 bridgehead atoms. The van der Waals surface area contributed by atoms with Crippen LogP contribution in [0.5, 0.6) is 0 Å². The molecule has 0 aliphatic rings. The fourth-order valence-corrected chi connectivity index (χ4v) is 2.18. The normalized spacial score (nSPS) is 12.1. The lowest BCUT2D eigenvalue weighted by Crippen LogP contribution is -2.09. The molecule has 0 spiro atoms. The van der Waals surface area contributed by atoms with Crippen molar-refractivity contribution < 1.29 is 30.7 Å². The van der Waals surface area contributed by atoms with Gasteiger partial charge in [-0.1, -0.05) is 19.9 Å². The van der Waals surface area contributed by atoms with E-state index in [-0.39, 0.29) is 5.56 Å². The van der Waals surface area contributed by atoms with E-state index in [0.29, 0.717) is 6.07 Å². The van der Waals surface area contributed by atoms with E-state index in [1.54, 1.807) is 13.8 Å². The number of rotatable bonds is 2. The zero-order valence-electron chi connectivity index (χ0n) is 11.9. The molecule has 0 radical (unpaired) electrons. The summed E-state index contributed by atoms with van der Waals surface area (Å²) in [5, 5.41) is 0. The Morgan fingerprint density at radius 2 is 1.43 bits per heavy atom. The van der Waals surface area contributed by atoms with Gasteiger partial charge in [0, 0.05) is 0 Å². The van der Waals surface area contributed by atoms with Gasteiger partial charge in [0.25, 0.3) is 11.9 Å². The second kappa shape index (κ2) is 5.82. The summed E-state index contributed by atoms with van der Waals surface area (Å²) in [5.74, 6) is -7.97. The van der Waals surface area contributed by atoms with Crippen LogP contribution in [0.1, 0.15) is 30.9 Å². The van der Waals surface area contributed by atoms with Crippen LogP contribution < -0.4 is 0 Å². The van der Waals surface area contributed by atoms with Crippen molar-refractivity contribution in [1.82, 2.24) is 4.98 Å². The number of hydrogen-bond donors (Lipinski definition) is 0. The van der Waals surface area contributed by atoms with E-state index in [9.17, 15) is 30.7 Å². The number of nitrogens with zero attached hydrogens (tertiary/aromatic N) is 1. The number of pyridine rings is 1. The monoisotopic (exact) mass is 337 g/mol. The molecule has 0 atom stereocenters. The Balaban J connectivity index is 2.86. The molecule has 124 valence electrons. The lowest BCUT2D eigenvalue weighted by molar-refractivity contribution is -0.137. The van der Waals surface area contributed by atoms with E-state index in [0.717, 1.165) is 12.1 Å². The number of alkyl halides is 3. The molecular weight excluding hydrogens is 327 g/mol. The lowest BCUT2D eigenvalue weighted by atomic mass is 9.90. The molecule has 1 nitrogen and oxygen atoms in total. The van der Waals surface area contributed by atoms with Crippen LogP contribution in [-0.4, -0.2) is 4.98 Å². The molecule has 0 saturated heterocycles. The fourth-order valence-electron chi connectivity index (χ4n) is 2.18. The van der Waals surface area contributed by atoms with Gasteiger partial charge in [0.2, 0.25) is 0 Å². The first-order valence-electron chi connectivity index (χ1n) is 6.45. The maximum atomic E-state index is 13.9. The molecular formula is C15H10F7N. The first-order valence-corrected chi connectivity index (χ1v) is 6.45. The minimum atomic E-state index is -4.78. The van der Waals surface area contributed by atoms with Crippen LogP contribution in [0, 0.1) is 23.5 Å². The molecule has 1 aromatic heterocycles. The van der Waals surface area contributed by atoms with Crippen LogP contribution in [0.4, 0.5) is 30.7 Å². The quantitative estimate of drug-likeness (QED) is 0.525. The fraction of sp³-hybridized carbons (Fsp3) is 0.267. The van der Waals surface area contributed by atoms with Gasteiger partial charge in [-0.15, -0.1) is 0 Å². The van der Waals surface area contributed by atoms with E-state index in [1.807, 2.05) is 0 Å². The van der Waals surface area contributed by atoms with E-state index in [4.69, 9.17) is 0 Å². The zero-order valence-corrected chi connectivity index (χ0v) is 11.9. The van der Waals surface area contributed by atoms with Crippen LogP contribution in [0.25, 0.3) is 11.1 Å². The highest BCUT2D eigenvalue weighted by atomic mass is 19.4. The number of aromatic nitrogens is 1. The van der Waals surface area contributed by atoms with Crippen LogP contribution in [0.15, 0.2) is 18.2 Å². The molecule has 0 aliphatic carbocycles. The predicted octanol–water partition coefficient (Wildman–Crippen LogP) is 5.45. The van der Waals surface area contributed by atoms with E-state index in [2.05, 4.69) is 4.98 Å². The Hall–Kier alpha value is -2.12. The van der Waals surface area contributed by atoms with Crippen LogP contribution >= 0.6 is 0 Å². The first kappa shape index (κ1) is 17.2. The van der Waals surface area contributed by atoms with Crippen LogP contribution in [0.2, 0.25) is 0 Å². The predicted molar refractivity (Wildman–Crippen MR) is 68.6 cm³/mol. The topological polar surface area (TPSA) is 12.9 Å². The van der Waals surface area contributed by atoms with Crippen LogP contribution in [0.3, 0.4) is 0 Å². The molecule has 0 fully saturated rings. The van der Waals surface area contributed by atoms with Crippen molar-refractivity contribution in [2.45, 2.75) is 25.9 Å². The summed E-state index contributed by atoms with van der Waals surface area (Å²) in [4.78, 5) is 2.40. The van der Waals surface area contributed by atoms with E-state index < -0.39 is 52.3 Å². The minimum absolute atomic E-state index is 0.112. The second-order valence-corrected chi connectivity index (χ2v) is 5.15. The molecule has 8 heteroatoms. The molecule has 1 heterocycles. The molecule has 0 aliphatic heterocycles.